The molecule has 2 aliphatic rings. The van der Waals surface area contributed by atoms with E-state index in [1.165, 1.54) is 5.56 Å². The van der Waals surface area contributed by atoms with Crippen LogP contribution in [0.1, 0.15) is 25.1 Å². The molecule has 2 nitrogen and oxygen atoms in total. The molecule has 2 saturated heterocycles. The molecule has 0 unspecified atom stereocenters. The number of hydrogen-bond acceptors (Lipinski definition) is 4. The Labute approximate surface area is 108 Å². The van der Waals surface area contributed by atoms with Gasteiger partial charge in [-0.1, -0.05) is 40.1 Å². The van der Waals surface area contributed by atoms with Crippen LogP contribution < -0.4 is 0 Å². The van der Waals surface area contributed by atoms with Crippen LogP contribution >= 0.6 is 33.2 Å². The summed E-state index contributed by atoms with van der Waals surface area (Å²) in [5.41, 5.74) is 2.29. The molecule has 86 valence electrons. The van der Waals surface area contributed by atoms with E-state index < -0.39 is 0 Å². The molecular formula is C11H12ClNOS2. The van der Waals surface area contributed by atoms with Gasteiger partial charge in [-0.05, 0) is 18.6 Å². The van der Waals surface area contributed by atoms with E-state index >= 15 is 0 Å². The van der Waals surface area contributed by atoms with Gasteiger partial charge in [0.25, 0.3) is 0 Å². The van der Waals surface area contributed by atoms with Gasteiger partial charge >= 0.3 is 0 Å². The second-order valence-electron chi connectivity index (χ2n) is 4.72. The Bertz CT molecular complexity index is 444. The van der Waals surface area contributed by atoms with E-state index in [2.05, 4.69) is 24.9 Å². The predicted octanol–water partition coefficient (Wildman–Crippen LogP) is 3.59. The Kier molecular flexibility index (Phi) is 2.48. The van der Waals surface area contributed by atoms with Gasteiger partial charge in [-0.15, -0.1) is 0 Å². The molecule has 2 aliphatic heterocycles. The van der Waals surface area contributed by atoms with Gasteiger partial charge < -0.3 is 4.74 Å². The van der Waals surface area contributed by atoms with Crippen molar-refractivity contribution in [2.75, 3.05) is 13.2 Å². The Morgan fingerprint density at radius 1 is 1.38 bits per heavy atom. The lowest BCUT2D eigenvalue weighted by Crippen LogP contribution is -2.44. The van der Waals surface area contributed by atoms with Crippen molar-refractivity contribution in [1.82, 2.24) is 4.98 Å². The van der Waals surface area contributed by atoms with Gasteiger partial charge in [0.1, 0.15) is 4.08 Å². The number of halogens is 1. The van der Waals surface area contributed by atoms with Gasteiger partial charge in [-0.25, -0.2) is 0 Å². The van der Waals surface area contributed by atoms with E-state index in [9.17, 15) is 0 Å². The maximum absolute atomic E-state index is 6.31. The highest BCUT2D eigenvalue weighted by Crippen LogP contribution is 2.71. The van der Waals surface area contributed by atoms with Crippen LogP contribution in [-0.4, -0.2) is 18.2 Å². The van der Waals surface area contributed by atoms with E-state index in [0.29, 0.717) is 0 Å². The lowest BCUT2D eigenvalue weighted by Gasteiger charge is -2.38. The first-order valence-corrected chi connectivity index (χ1v) is 7.67. The van der Waals surface area contributed by atoms with E-state index in [1.807, 2.05) is 27.8 Å². The van der Waals surface area contributed by atoms with E-state index in [-0.39, 0.29) is 9.49 Å². The minimum atomic E-state index is 0.0760. The molecule has 0 atom stereocenters. The van der Waals surface area contributed by atoms with Crippen LogP contribution in [0.5, 0.6) is 0 Å². The number of nitrogens with zero attached hydrogens (tertiary/aromatic N) is 1. The summed E-state index contributed by atoms with van der Waals surface area (Å²) in [6.07, 6.45) is 1.95. The van der Waals surface area contributed by atoms with Crippen molar-refractivity contribution < 1.29 is 4.74 Å². The molecule has 0 N–H and O–H groups in total. The van der Waals surface area contributed by atoms with Gasteiger partial charge in [0.05, 0.1) is 23.9 Å². The Hall–Kier alpha value is 0.1000. The van der Waals surface area contributed by atoms with Crippen LogP contribution in [0.4, 0.5) is 0 Å². The van der Waals surface area contributed by atoms with Crippen LogP contribution in [0.15, 0.2) is 12.3 Å². The molecule has 0 spiro atoms. The fourth-order valence-electron chi connectivity index (χ4n) is 1.82. The number of rotatable bonds is 2. The summed E-state index contributed by atoms with van der Waals surface area (Å²) in [5.74, 6) is 0. The fraction of sp³-hybridized carbons (Fsp3) is 0.545. The molecule has 1 aromatic heterocycles. The minimum Gasteiger partial charge on any atom is -0.379 e. The highest BCUT2D eigenvalue weighted by atomic mass is 35.5. The third-order valence-electron chi connectivity index (χ3n) is 3.14. The largest absolute Gasteiger partial charge is 0.379 e. The third-order valence-corrected chi connectivity index (χ3v) is 6.48. The molecule has 3 rings (SSSR count). The normalized spacial score (nSPS) is 24.9. The summed E-state index contributed by atoms with van der Waals surface area (Å²) in [5, 5.41) is 0.783. The van der Waals surface area contributed by atoms with E-state index in [4.69, 9.17) is 16.3 Å². The Balaban J connectivity index is 1.96. The van der Waals surface area contributed by atoms with Crippen LogP contribution in [0.25, 0.3) is 0 Å². The van der Waals surface area contributed by atoms with Crippen molar-refractivity contribution >= 4 is 33.2 Å². The topological polar surface area (TPSA) is 22.1 Å². The van der Waals surface area contributed by atoms with Crippen LogP contribution in [0, 0.1) is 0 Å². The van der Waals surface area contributed by atoms with Gasteiger partial charge in [0.2, 0.25) is 0 Å². The summed E-state index contributed by atoms with van der Waals surface area (Å²) in [6.45, 7) is 5.88. The van der Waals surface area contributed by atoms with E-state index in [1.54, 1.807) is 0 Å². The first-order valence-electron chi connectivity index (χ1n) is 5.15. The molecule has 0 bridgehead atoms. The van der Waals surface area contributed by atoms with Gasteiger partial charge in [0.15, 0.2) is 0 Å². The van der Waals surface area contributed by atoms with Crippen LogP contribution in [0.3, 0.4) is 0 Å². The lowest BCUT2D eigenvalue weighted by molar-refractivity contribution is -0.0501. The summed E-state index contributed by atoms with van der Waals surface area (Å²) in [4.78, 5) is 4.53. The molecule has 3 heterocycles. The first-order chi connectivity index (χ1) is 7.54. The lowest BCUT2D eigenvalue weighted by atomic mass is 9.81. The molecule has 0 amide bonds. The molecule has 0 aromatic carbocycles. The summed E-state index contributed by atoms with van der Waals surface area (Å²) in [7, 11) is 3.63. The molecule has 16 heavy (non-hydrogen) atoms. The van der Waals surface area contributed by atoms with Crippen molar-refractivity contribution in [3.63, 3.8) is 0 Å². The highest BCUT2D eigenvalue weighted by Gasteiger charge is 2.46. The molecule has 0 radical (unpaired) electrons. The highest BCUT2D eigenvalue weighted by molar-refractivity contribution is 8.92. The molecular weight excluding hydrogens is 262 g/mol. The van der Waals surface area contributed by atoms with Crippen molar-refractivity contribution in [1.29, 1.82) is 0 Å². The SMILES string of the molecule is CC1(c2cnc(C3(C)SS3)c(Cl)c2)COC1. The van der Waals surface area contributed by atoms with Gasteiger partial charge in [-0.2, -0.15) is 0 Å². The fourth-order valence-corrected chi connectivity index (χ4v) is 3.74. The maximum atomic E-state index is 6.31. The minimum absolute atomic E-state index is 0.0760. The number of ether oxygens (including phenoxy) is 1. The van der Waals surface area contributed by atoms with Gasteiger partial charge in [-0.3, -0.25) is 4.98 Å². The average molecular weight is 274 g/mol. The Morgan fingerprint density at radius 3 is 2.50 bits per heavy atom. The zero-order chi connectivity index (χ0) is 11.4. The first kappa shape index (κ1) is 11.2. The molecule has 1 aromatic rings. The van der Waals surface area contributed by atoms with Crippen LogP contribution in [0.2, 0.25) is 5.02 Å². The second-order valence-corrected chi connectivity index (χ2v) is 8.35. The molecule has 2 fully saturated rings. The Morgan fingerprint density at radius 2 is 2.06 bits per heavy atom. The van der Waals surface area contributed by atoms with Crippen molar-refractivity contribution in [3.05, 3.63) is 28.5 Å². The maximum Gasteiger partial charge on any atom is 0.122 e. The summed E-state index contributed by atoms with van der Waals surface area (Å²) in [6, 6.07) is 2.05. The zero-order valence-electron chi connectivity index (χ0n) is 9.12. The predicted molar refractivity (Wildman–Crippen MR) is 70.0 cm³/mol. The van der Waals surface area contributed by atoms with Gasteiger partial charge in [0, 0.05) is 11.6 Å². The molecule has 0 saturated carbocycles. The van der Waals surface area contributed by atoms with Crippen LogP contribution in [-0.2, 0) is 14.2 Å². The number of pyridine rings is 1. The summed E-state index contributed by atoms with van der Waals surface area (Å²) < 4.78 is 5.34. The third kappa shape index (κ3) is 1.67. The number of hydrogen-bond donors (Lipinski definition) is 0. The standard InChI is InChI=1S/C11H12ClNOS2/c1-10(5-14-6-10)7-3-8(12)9(13-4-7)11(2)15-16-11/h3-4H,5-6H2,1-2H3. The van der Waals surface area contributed by atoms with Crippen molar-refractivity contribution in [2.24, 2.45) is 0 Å². The van der Waals surface area contributed by atoms with Crippen molar-refractivity contribution in [3.8, 4) is 0 Å². The number of aromatic nitrogens is 1. The van der Waals surface area contributed by atoms with Crippen molar-refractivity contribution in [2.45, 2.75) is 23.3 Å². The molecule has 5 heteroatoms. The molecule has 0 aliphatic carbocycles. The summed E-state index contributed by atoms with van der Waals surface area (Å²) >= 11 is 6.31. The smallest absolute Gasteiger partial charge is 0.122 e. The zero-order valence-corrected chi connectivity index (χ0v) is 11.5. The monoisotopic (exact) mass is 273 g/mol. The van der Waals surface area contributed by atoms with E-state index in [0.717, 1.165) is 23.9 Å². The quantitative estimate of drug-likeness (QED) is 0.606. The second kappa shape index (κ2) is 3.55. The average Bonchev–Trinajstić information content (AvgIpc) is 2.93.